The Hall–Kier alpha value is -1.87. The molecule has 118 valence electrons. The van der Waals surface area contributed by atoms with Gasteiger partial charge in [-0.15, -0.1) is 0 Å². The minimum absolute atomic E-state index is 0.162. The minimum atomic E-state index is 0.162. The van der Waals surface area contributed by atoms with Gasteiger partial charge in [0.15, 0.2) is 0 Å². The van der Waals surface area contributed by atoms with Gasteiger partial charge in [-0.05, 0) is 50.6 Å². The van der Waals surface area contributed by atoms with Gasteiger partial charge in [0, 0.05) is 23.8 Å². The highest BCUT2D eigenvalue weighted by molar-refractivity contribution is 6.31. The Bertz CT molecular complexity index is 614. The molecule has 0 heterocycles. The monoisotopic (exact) mass is 318 g/mol. The summed E-state index contributed by atoms with van der Waals surface area (Å²) in [5, 5.41) is 7.58. The van der Waals surface area contributed by atoms with Crippen LogP contribution in [0.15, 0.2) is 42.5 Å². The largest absolute Gasteiger partial charge is 0.489 e. The molecule has 0 aromatic heterocycles. The molecule has 0 bridgehead atoms. The highest BCUT2D eigenvalue weighted by Crippen LogP contribution is 2.25. The van der Waals surface area contributed by atoms with Gasteiger partial charge in [0.05, 0.1) is 11.8 Å². The maximum absolute atomic E-state index is 6.12. The number of halogens is 1. The standard InChI is InChI=1S/C18H23ClN2O/c1-13(2)22-18-10-5-4-8-17(18)21-12-11-20-16-9-6-7-15(19)14(16)3/h4-10,13,20-21H,11-12H2,1-3H3. The molecule has 0 radical (unpaired) electrons. The zero-order valence-corrected chi connectivity index (χ0v) is 14.1. The van der Waals surface area contributed by atoms with Crippen LogP contribution in [0.25, 0.3) is 0 Å². The van der Waals surface area contributed by atoms with Crippen molar-refractivity contribution in [3.8, 4) is 5.75 Å². The number of anilines is 2. The molecule has 0 saturated carbocycles. The highest BCUT2D eigenvalue weighted by atomic mass is 35.5. The molecule has 4 heteroatoms. The number of ether oxygens (including phenoxy) is 1. The van der Waals surface area contributed by atoms with Crippen LogP contribution < -0.4 is 15.4 Å². The van der Waals surface area contributed by atoms with E-state index < -0.39 is 0 Å². The molecule has 3 nitrogen and oxygen atoms in total. The normalized spacial score (nSPS) is 10.6. The summed E-state index contributed by atoms with van der Waals surface area (Å²) in [6, 6.07) is 13.9. The predicted octanol–water partition coefficient (Wildman–Crippen LogP) is 4.96. The van der Waals surface area contributed by atoms with Crippen molar-refractivity contribution in [1.29, 1.82) is 0 Å². The number of benzene rings is 2. The van der Waals surface area contributed by atoms with Crippen LogP contribution in [0.4, 0.5) is 11.4 Å². The summed E-state index contributed by atoms with van der Waals surface area (Å²) < 4.78 is 5.80. The Morgan fingerprint density at radius 2 is 1.59 bits per heavy atom. The van der Waals surface area contributed by atoms with Gasteiger partial charge in [-0.1, -0.05) is 29.8 Å². The van der Waals surface area contributed by atoms with Crippen molar-refractivity contribution in [3.63, 3.8) is 0 Å². The van der Waals surface area contributed by atoms with E-state index >= 15 is 0 Å². The van der Waals surface area contributed by atoms with Crippen LogP contribution in [0.1, 0.15) is 19.4 Å². The Morgan fingerprint density at radius 3 is 2.32 bits per heavy atom. The van der Waals surface area contributed by atoms with Crippen LogP contribution in [0, 0.1) is 6.92 Å². The molecule has 0 fully saturated rings. The molecule has 0 aliphatic heterocycles. The molecule has 2 aromatic rings. The predicted molar refractivity (Wildman–Crippen MR) is 95.4 cm³/mol. The minimum Gasteiger partial charge on any atom is -0.489 e. The molecule has 0 aliphatic carbocycles. The topological polar surface area (TPSA) is 33.3 Å². The molecule has 2 rings (SSSR count). The fraction of sp³-hybridized carbons (Fsp3) is 0.333. The smallest absolute Gasteiger partial charge is 0.142 e. The molecule has 0 spiro atoms. The van der Waals surface area contributed by atoms with E-state index in [0.29, 0.717) is 0 Å². The van der Waals surface area contributed by atoms with Gasteiger partial charge in [-0.2, -0.15) is 0 Å². The Kier molecular flexibility index (Phi) is 5.96. The molecule has 2 N–H and O–H groups in total. The first kappa shape index (κ1) is 16.5. The zero-order chi connectivity index (χ0) is 15.9. The van der Waals surface area contributed by atoms with Crippen molar-refractivity contribution in [2.45, 2.75) is 26.9 Å². The molecule has 22 heavy (non-hydrogen) atoms. The van der Waals surface area contributed by atoms with Gasteiger partial charge in [0.1, 0.15) is 5.75 Å². The Balaban J connectivity index is 1.88. The number of hydrogen-bond acceptors (Lipinski definition) is 3. The van der Waals surface area contributed by atoms with Crippen LogP contribution in [0.5, 0.6) is 5.75 Å². The molecule has 0 unspecified atom stereocenters. The second kappa shape index (κ2) is 7.95. The van der Waals surface area contributed by atoms with E-state index in [9.17, 15) is 0 Å². The van der Waals surface area contributed by atoms with E-state index in [4.69, 9.17) is 16.3 Å². The summed E-state index contributed by atoms with van der Waals surface area (Å²) in [6.07, 6.45) is 0.162. The van der Waals surface area contributed by atoms with Gasteiger partial charge in [0.25, 0.3) is 0 Å². The Labute approximate surface area is 137 Å². The van der Waals surface area contributed by atoms with Gasteiger partial charge >= 0.3 is 0 Å². The lowest BCUT2D eigenvalue weighted by Gasteiger charge is -2.16. The molecular weight excluding hydrogens is 296 g/mol. The number of rotatable bonds is 7. The first-order valence-electron chi connectivity index (χ1n) is 7.56. The fourth-order valence-corrected chi connectivity index (χ4v) is 2.34. The third kappa shape index (κ3) is 4.57. The van der Waals surface area contributed by atoms with Crippen molar-refractivity contribution in [2.75, 3.05) is 23.7 Å². The maximum atomic E-state index is 6.12. The summed E-state index contributed by atoms with van der Waals surface area (Å²) in [5.41, 5.74) is 3.16. The molecule has 0 amide bonds. The molecule has 0 atom stereocenters. The van der Waals surface area contributed by atoms with E-state index in [1.807, 2.05) is 63.2 Å². The summed E-state index contributed by atoms with van der Waals surface area (Å²) in [7, 11) is 0. The number of hydrogen-bond donors (Lipinski definition) is 2. The number of nitrogens with one attached hydrogen (secondary N) is 2. The average Bonchev–Trinajstić information content (AvgIpc) is 2.48. The van der Waals surface area contributed by atoms with Crippen LogP contribution in [0.3, 0.4) is 0 Å². The van der Waals surface area contributed by atoms with Crippen molar-refractivity contribution in [1.82, 2.24) is 0 Å². The first-order valence-corrected chi connectivity index (χ1v) is 7.94. The van der Waals surface area contributed by atoms with Crippen molar-refractivity contribution < 1.29 is 4.74 Å². The fourth-order valence-electron chi connectivity index (χ4n) is 2.16. The van der Waals surface area contributed by atoms with Crippen molar-refractivity contribution >= 4 is 23.0 Å². The summed E-state index contributed by atoms with van der Waals surface area (Å²) in [6.45, 7) is 7.67. The second-order valence-electron chi connectivity index (χ2n) is 5.43. The van der Waals surface area contributed by atoms with E-state index in [1.54, 1.807) is 0 Å². The Morgan fingerprint density at radius 1 is 0.955 bits per heavy atom. The SMILES string of the molecule is Cc1c(Cl)cccc1NCCNc1ccccc1OC(C)C. The van der Waals surface area contributed by atoms with Crippen LogP contribution >= 0.6 is 11.6 Å². The lowest BCUT2D eigenvalue weighted by atomic mass is 10.2. The molecule has 2 aromatic carbocycles. The number of para-hydroxylation sites is 2. The van der Waals surface area contributed by atoms with Gasteiger partial charge in [0.2, 0.25) is 0 Å². The van der Waals surface area contributed by atoms with Crippen LogP contribution in [0.2, 0.25) is 5.02 Å². The summed E-state index contributed by atoms with van der Waals surface area (Å²) in [4.78, 5) is 0. The summed E-state index contributed by atoms with van der Waals surface area (Å²) >= 11 is 6.12. The van der Waals surface area contributed by atoms with Gasteiger partial charge in [-0.3, -0.25) is 0 Å². The quantitative estimate of drug-likeness (QED) is 0.708. The van der Waals surface area contributed by atoms with Crippen LogP contribution in [-0.4, -0.2) is 19.2 Å². The first-order chi connectivity index (χ1) is 10.6. The van der Waals surface area contributed by atoms with Crippen LogP contribution in [-0.2, 0) is 0 Å². The lowest BCUT2D eigenvalue weighted by Crippen LogP contribution is -2.15. The van der Waals surface area contributed by atoms with Gasteiger partial charge < -0.3 is 15.4 Å². The van der Waals surface area contributed by atoms with Crippen molar-refractivity contribution in [3.05, 3.63) is 53.1 Å². The van der Waals surface area contributed by atoms with Gasteiger partial charge in [-0.25, -0.2) is 0 Å². The lowest BCUT2D eigenvalue weighted by molar-refractivity contribution is 0.243. The average molecular weight is 319 g/mol. The second-order valence-corrected chi connectivity index (χ2v) is 5.84. The highest BCUT2D eigenvalue weighted by Gasteiger charge is 2.04. The molecule has 0 saturated heterocycles. The van der Waals surface area contributed by atoms with E-state index in [2.05, 4.69) is 10.6 Å². The third-order valence-corrected chi connectivity index (χ3v) is 3.68. The van der Waals surface area contributed by atoms with E-state index in [1.165, 1.54) is 0 Å². The zero-order valence-electron chi connectivity index (χ0n) is 13.3. The maximum Gasteiger partial charge on any atom is 0.142 e. The third-order valence-electron chi connectivity index (χ3n) is 3.27. The van der Waals surface area contributed by atoms with E-state index in [-0.39, 0.29) is 6.10 Å². The molecule has 0 aliphatic rings. The molecular formula is C18H23ClN2O. The summed E-state index contributed by atoms with van der Waals surface area (Å²) in [5.74, 6) is 0.886. The van der Waals surface area contributed by atoms with Crippen molar-refractivity contribution in [2.24, 2.45) is 0 Å². The van der Waals surface area contributed by atoms with E-state index in [0.717, 1.165) is 40.8 Å².